The molecule has 1 aromatic carbocycles. The molecule has 9 heteroatoms. The standard InChI is InChI=1S/C20H25N5O4/c1-11-21-18(29-24-11)15-8-13(26)10-25(15)19(27)22-12-5-6-16-14(7-12)23-17(28-16)9-20(2,3)4/h5-7,13,15,26H,8-10H2,1-4H3,(H,22,27)/t13-,15-/m1/s1. The van der Waals surface area contributed by atoms with Crippen LogP contribution in [0.2, 0.25) is 0 Å². The third-order valence-electron chi connectivity index (χ3n) is 4.73. The molecule has 2 amide bonds. The van der Waals surface area contributed by atoms with E-state index < -0.39 is 12.1 Å². The molecule has 4 rings (SSSR count). The van der Waals surface area contributed by atoms with Crippen molar-refractivity contribution in [2.75, 3.05) is 11.9 Å². The molecule has 0 unspecified atom stereocenters. The Morgan fingerprint density at radius 3 is 2.83 bits per heavy atom. The Labute approximate surface area is 168 Å². The normalized spacial score (nSPS) is 19.8. The average Bonchev–Trinajstić information content (AvgIpc) is 3.30. The number of urea groups is 1. The number of fused-ring (bicyclic) bond motifs is 1. The summed E-state index contributed by atoms with van der Waals surface area (Å²) in [6.45, 7) is 8.28. The first-order chi connectivity index (χ1) is 13.7. The Balaban J connectivity index is 1.51. The zero-order chi connectivity index (χ0) is 20.8. The van der Waals surface area contributed by atoms with E-state index in [1.807, 2.05) is 0 Å². The molecular formula is C20H25N5O4. The van der Waals surface area contributed by atoms with Crippen molar-refractivity contribution in [1.29, 1.82) is 0 Å². The van der Waals surface area contributed by atoms with Gasteiger partial charge in [0.05, 0.1) is 6.10 Å². The molecule has 154 valence electrons. The fourth-order valence-electron chi connectivity index (χ4n) is 3.50. The van der Waals surface area contributed by atoms with Crippen LogP contribution in [-0.2, 0) is 6.42 Å². The maximum atomic E-state index is 12.8. The molecule has 0 saturated carbocycles. The summed E-state index contributed by atoms with van der Waals surface area (Å²) >= 11 is 0. The largest absolute Gasteiger partial charge is 0.441 e. The number of aryl methyl sites for hydroxylation is 1. The number of aliphatic hydroxyl groups is 1. The van der Waals surface area contributed by atoms with Crippen LogP contribution in [0.3, 0.4) is 0 Å². The van der Waals surface area contributed by atoms with Crippen LogP contribution in [0.4, 0.5) is 10.5 Å². The van der Waals surface area contributed by atoms with Crippen molar-refractivity contribution in [3.8, 4) is 0 Å². The van der Waals surface area contributed by atoms with Crippen LogP contribution >= 0.6 is 0 Å². The molecule has 29 heavy (non-hydrogen) atoms. The number of carbonyl (C=O) groups excluding carboxylic acids is 1. The smallest absolute Gasteiger partial charge is 0.322 e. The first-order valence-electron chi connectivity index (χ1n) is 9.63. The number of nitrogens with one attached hydrogen (secondary N) is 1. The summed E-state index contributed by atoms with van der Waals surface area (Å²) in [6.07, 6.45) is 0.435. The minimum Gasteiger partial charge on any atom is -0.441 e. The number of β-amino-alcohol motifs (C(OH)–C–C–N with tert-alkyl or cyclic N) is 1. The maximum absolute atomic E-state index is 12.8. The second kappa shape index (κ2) is 7.14. The number of likely N-dealkylation sites (tertiary alicyclic amines) is 1. The first-order valence-corrected chi connectivity index (χ1v) is 9.63. The van der Waals surface area contributed by atoms with E-state index in [2.05, 4.69) is 41.2 Å². The van der Waals surface area contributed by atoms with E-state index in [1.54, 1.807) is 25.1 Å². The van der Waals surface area contributed by atoms with E-state index >= 15 is 0 Å². The van der Waals surface area contributed by atoms with E-state index in [9.17, 15) is 9.90 Å². The minimum atomic E-state index is -0.643. The molecule has 0 bridgehead atoms. The minimum absolute atomic E-state index is 0.0661. The Morgan fingerprint density at radius 1 is 1.34 bits per heavy atom. The molecule has 1 fully saturated rings. The van der Waals surface area contributed by atoms with E-state index in [1.165, 1.54) is 4.90 Å². The lowest BCUT2D eigenvalue weighted by Crippen LogP contribution is -2.35. The predicted molar refractivity (Wildman–Crippen MR) is 105 cm³/mol. The quantitative estimate of drug-likeness (QED) is 0.692. The summed E-state index contributed by atoms with van der Waals surface area (Å²) in [5.74, 6) is 1.49. The van der Waals surface area contributed by atoms with Gasteiger partial charge in [-0.25, -0.2) is 9.78 Å². The van der Waals surface area contributed by atoms with Gasteiger partial charge in [0.25, 0.3) is 0 Å². The summed E-state index contributed by atoms with van der Waals surface area (Å²) in [7, 11) is 0. The van der Waals surface area contributed by atoms with E-state index in [0.29, 0.717) is 40.8 Å². The fraction of sp³-hybridized carbons (Fsp3) is 0.500. The number of rotatable bonds is 3. The number of oxazole rings is 1. The highest BCUT2D eigenvalue weighted by molar-refractivity contribution is 5.92. The van der Waals surface area contributed by atoms with E-state index in [-0.39, 0.29) is 18.0 Å². The van der Waals surface area contributed by atoms with Gasteiger partial charge in [-0.15, -0.1) is 0 Å². The monoisotopic (exact) mass is 399 g/mol. The van der Waals surface area contributed by atoms with Gasteiger partial charge in [0, 0.05) is 25.1 Å². The highest BCUT2D eigenvalue weighted by atomic mass is 16.5. The molecule has 0 radical (unpaired) electrons. The van der Waals surface area contributed by atoms with Gasteiger partial charge in [-0.1, -0.05) is 25.9 Å². The van der Waals surface area contributed by atoms with Crippen LogP contribution in [0, 0.1) is 12.3 Å². The number of hydrogen-bond donors (Lipinski definition) is 2. The molecule has 1 saturated heterocycles. The number of hydrogen-bond acceptors (Lipinski definition) is 7. The second-order valence-corrected chi connectivity index (χ2v) is 8.70. The van der Waals surface area contributed by atoms with Crippen molar-refractivity contribution < 1.29 is 18.8 Å². The number of nitrogens with zero attached hydrogens (tertiary/aromatic N) is 4. The lowest BCUT2D eigenvalue weighted by molar-refractivity contribution is 0.174. The predicted octanol–water partition coefficient (Wildman–Crippen LogP) is 3.45. The molecule has 1 aliphatic rings. The van der Waals surface area contributed by atoms with Crippen molar-refractivity contribution >= 4 is 22.8 Å². The number of anilines is 1. The SMILES string of the molecule is Cc1noc([C@H]2C[C@@H](O)CN2C(=O)Nc2ccc3oc(CC(C)(C)C)nc3c2)n1. The number of carbonyl (C=O) groups is 1. The molecule has 0 aliphatic carbocycles. The van der Waals surface area contributed by atoms with Crippen molar-refractivity contribution in [3.05, 3.63) is 35.8 Å². The molecule has 0 spiro atoms. The van der Waals surface area contributed by atoms with Crippen LogP contribution in [0.1, 0.15) is 50.8 Å². The molecule has 1 aliphatic heterocycles. The Hall–Kier alpha value is -2.94. The molecule has 3 heterocycles. The maximum Gasteiger partial charge on any atom is 0.322 e. The third kappa shape index (κ3) is 4.24. The van der Waals surface area contributed by atoms with Crippen LogP contribution in [0.15, 0.2) is 27.1 Å². The van der Waals surface area contributed by atoms with Crippen LogP contribution in [-0.4, -0.2) is 43.8 Å². The van der Waals surface area contributed by atoms with Gasteiger partial charge in [-0.05, 0) is 30.5 Å². The Bertz CT molecular complexity index is 1040. The van der Waals surface area contributed by atoms with Crippen LogP contribution in [0.25, 0.3) is 11.1 Å². The molecular weight excluding hydrogens is 374 g/mol. The van der Waals surface area contributed by atoms with Crippen LogP contribution in [0.5, 0.6) is 0 Å². The third-order valence-corrected chi connectivity index (χ3v) is 4.73. The summed E-state index contributed by atoms with van der Waals surface area (Å²) in [5.41, 5.74) is 2.03. The van der Waals surface area contributed by atoms with Crippen LogP contribution < -0.4 is 5.32 Å². The van der Waals surface area contributed by atoms with E-state index in [4.69, 9.17) is 8.94 Å². The molecule has 2 N–H and O–H groups in total. The Kier molecular flexibility index (Phi) is 4.77. The highest BCUT2D eigenvalue weighted by Crippen LogP contribution is 2.32. The lowest BCUT2D eigenvalue weighted by Gasteiger charge is -2.22. The summed E-state index contributed by atoms with van der Waals surface area (Å²) in [5, 5.41) is 16.7. The summed E-state index contributed by atoms with van der Waals surface area (Å²) < 4.78 is 11.0. The van der Waals surface area contributed by atoms with Gasteiger partial charge >= 0.3 is 6.03 Å². The summed E-state index contributed by atoms with van der Waals surface area (Å²) in [4.78, 5) is 23.1. The number of aliphatic hydroxyl groups excluding tert-OH is 1. The fourth-order valence-corrected chi connectivity index (χ4v) is 3.50. The molecule has 2 aromatic heterocycles. The second-order valence-electron chi connectivity index (χ2n) is 8.70. The van der Waals surface area contributed by atoms with Crippen molar-refractivity contribution in [2.45, 2.75) is 52.7 Å². The zero-order valence-corrected chi connectivity index (χ0v) is 17.0. The molecule has 9 nitrogen and oxygen atoms in total. The number of aromatic nitrogens is 3. The lowest BCUT2D eigenvalue weighted by atomic mass is 9.92. The average molecular weight is 399 g/mol. The van der Waals surface area contributed by atoms with Gasteiger partial charge < -0.3 is 24.3 Å². The topological polar surface area (TPSA) is 118 Å². The van der Waals surface area contributed by atoms with Gasteiger partial charge in [0.15, 0.2) is 17.3 Å². The van der Waals surface area contributed by atoms with Crippen molar-refractivity contribution in [1.82, 2.24) is 20.0 Å². The van der Waals surface area contributed by atoms with Gasteiger partial charge in [-0.3, -0.25) is 0 Å². The number of amides is 2. The first kappa shape index (κ1) is 19.4. The summed E-state index contributed by atoms with van der Waals surface area (Å²) in [6, 6.07) is 4.54. The Morgan fingerprint density at radius 2 is 2.14 bits per heavy atom. The van der Waals surface area contributed by atoms with Crippen molar-refractivity contribution in [2.24, 2.45) is 5.41 Å². The van der Waals surface area contributed by atoms with E-state index in [0.717, 1.165) is 6.42 Å². The highest BCUT2D eigenvalue weighted by Gasteiger charge is 2.38. The van der Waals surface area contributed by atoms with Crippen molar-refractivity contribution in [3.63, 3.8) is 0 Å². The van der Waals surface area contributed by atoms with Gasteiger partial charge in [-0.2, -0.15) is 4.98 Å². The zero-order valence-electron chi connectivity index (χ0n) is 17.0. The molecule has 3 aromatic rings. The number of benzene rings is 1. The van der Waals surface area contributed by atoms with Gasteiger partial charge in [0.1, 0.15) is 11.6 Å². The van der Waals surface area contributed by atoms with Gasteiger partial charge in [0.2, 0.25) is 5.89 Å². The molecule has 2 atom stereocenters.